The molecule has 0 aromatic carbocycles. The number of carboxylic acid groups (broad SMARTS) is 1. The number of carbonyl (C=O) groups is 2. The lowest BCUT2D eigenvalue weighted by Gasteiger charge is -2.51. The van der Waals surface area contributed by atoms with Crippen LogP contribution < -0.4 is 0 Å². The Labute approximate surface area is 167 Å². The lowest BCUT2D eigenvalue weighted by atomic mass is 9.83. The summed E-state index contributed by atoms with van der Waals surface area (Å²) in [5, 5.41) is 16.0. The maximum Gasteiger partial charge on any atom is 0.490 e. The van der Waals surface area contributed by atoms with E-state index in [-0.39, 0.29) is 17.8 Å². The summed E-state index contributed by atoms with van der Waals surface area (Å²) in [5.41, 5.74) is -0.594. The number of halogens is 3. The summed E-state index contributed by atoms with van der Waals surface area (Å²) in [6.45, 7) is 2.55. The molecule has 2 N–H and O–H groups in total. The van der Waals surface area contributed by atoms with Crippen molar-refractivity contribution in [3.8, 4) is 0 Å². The van der Waals surface area contributed by atoms with Gasteiger partial charge in [0.2, 0.25) is 15.9 Å². The minimum Gasteiger partial charge on any atom is -0.475 e. The van der Waals surface area contributed by atoms with Gasteiger partial charge in [-0.1, -0.05) is 0 Å². The fourth-order valence-corrected chi connectivity index (χ4v) is 5.51. The van der Waals surface area contributed by atoms with Crippen LogP contribution in [0, 0.1) is 0 Å². The Morgan fingerprint density at radius 3 is 2.10 bits per heavy atom. The van der Waals surface area contributed by atoms with E-state index < -0.39 is 27.7 Å². The Morgan fingerprint density at radius 1 is 1.17 bits per heavy atom. The number of aliphatic carboxylic acids is 1. The molecule has 2 saturated heterocycles. The third kappa shape index (κ3) is 5.19. The first-order valence-electron chi connectivity index (χ1n) is 9.27. The molecule has 0 atom stereocenters. The van der Waals surface area contributed by atoms with Gasteiger partial charge < -0.3 is 15.1 Å². The monoisotopic (exact) mass is 445 g/mol. The molecule has 29 heavy (non-hydrogen) atoms. The Bertz CT molecular complexity index is 718. The highest BCUT2D eigenvalue weighted by Crippen LogP contribution is 2.37. The fourth-order valence-electron chi connectivity index (χ4n) is 3.66. The van der Waals surface area contributed by atoms with Crippen LogP contribution in [0.1, 0.15) is 25.7 Å². The van der Waals surface area contributed by atoms with E-state index in [0.717, 1.165) is 19.4 Å². The van der Waals surface area contributed by atoms with Gasteiger partial charge in [-0.15, -0.1) is 0 Å². The second-order valence-corrected chi connectivity index (χ2v) is 9.63. The number of alkyl halides is 3. The van der Waals surface area contributed by atoms with Gasteiger partial charge >= 0.3 is 12.1 Å². The minimum absolute atomic E-state index is 0.0340. The first kappa shape index (κ1) is 23.8. The largest absolute Gasteiger partial charge is 0.490 e. The van der Waals surface area contributed by atoms with Crippen LogP contribution in [0.2, 0.25) is 0 Å². The number of hydrogen-bond donors (Lipinski definition) is 2. The standard InChI is InChI=1S/C14H25N3O4S.C2HF3O2/c1-15-8-9-16(10-11-18)13(19)14(15)4-6-17(7-5-14)22(20,21)12-2-3-12;3-2(4,5)1(6)7/h12,18H,2-11H2,1H3;(H,6,7). The molecule has 1 amide bonds. The van der Waals surface area contributed by atoms with Crippen molar-refractivity contribution in [2.24, 2.45) is 0 Å². The fraction of sp³-hybridized carbons (Fsp3) is 0.875. The first-order valence-corrected chi connectivity index (χ1v) is 10.8. The van der Waals surface area contributed by atoms with Crippen molar-refractivity contribution in [1.82, 2.24) is 14.1 Å². The normalized spacial score (nSPS) is 23.6. The number of likely N-dealkylation sites (N-methyl/N-ethyl adjacent to an activating group) is 1. The van der Waals surface area contributed by atoms with E-state index in [9.17, 15) is 26.4 Å². The number of β-amino-alcohol motifs (C(OH)–C–C–N with tert-alkyl or cyclic N) is 1. The van der Waals surface area contributed by atoms with E-state index in [1.54, 1.807) is 9.21 Å². The van der Waals surface area contributed by atoms with Crippen LogP contribution in [-0.4, -0.2) is 108 Å². The summed E-state index contributed by atoms with van der Waals surface area (Å²) in [6.07, 6.45) is -2.47. The average molecular weight is 445 g/mol. The van der Waals surface area contributed by atoms with Crippen molar-refractivity contribution in [3.05, 3.63) is 0 Å². The predicted molar refractivity (Wildman–Crippen MR) is 95.5 cm³/mol. The summed E-state index contributed by atoms with van der Waals surface area (Å²) < 4.78 is 58.0. The highest BCUT2D eigenvalue weighted by molar-refractivity contribution is 7.90. The molecule has 1 aliphatic carbocycles. The third-order valence-corrected chi connectivity index (χ3v) is 7.99. The zero-order chi connectivity index (χ0) is 22.0. The Balaban J connectivity index is 0.000000370. The minimum atomic E-state index is -5.08. The molecule has 0 unspecified atom stereocenters. The number of hydrogen-bond acceptors (Lipinski definition) is 6. The molecular weight excluding hydrogens is 419 g/mol. The van der Waals surface area contributed by atoms with Gasteiger partial charge in [-0.05, 0) is 32.7 Å². The first-order chi connectivity index (χ1) is 13.4. The van der Waals surface area contributed by atoms with Gasteiger partial charge in [-0.3, -0.25) is 9.69 Å². The number of sulfonamides is 1. The SMILES string of the molecule is CN1CCN(CCO)C(=O)C12CCN(S(=O)(=O)C1CC1)CC2.O=C(O)C(F)(F)F. The summed E-state index contributed by atoms with van der Waals surface area (Å²) >= 11 is 0. The highest BCUT2D eigenvalue weighted by Gasteiger charge is 2.51. The Kier molecular flexibility index (Phi) is 7.18. The van der Waals surface area contributed by atoms with Crippen molar-refractivity contribution in [1.29, 1.82) is 0 Å². The second-order valence-electron chi connectivity index (χ2n) is 7.42. The molecule has 3 aliphatic rings. The summed E-state index contributed by atoms with van der Waals surface area (Å²) in [4.78, 5) is 25.5. The van der Waals surface area contributed by atoms with Crippen LogP contribution in [0.15, 0.2) is 0 Å². The van der Waals surface area contributed by atoms with Crippen LogP contribution in [-0.2, 0) is 19.6 Å². The summed E-state index contributed by atoms with van der Waals surface area (Å²) in [5.74, 6) is -2.72. The van der Waals surface area contributed by atoms with Crippen LogP contribution >= 0.6 is 0 Å². The number of aliphatic hydroxyl groups is 1. The number of piperazine rings is 1. The van der Waals surface area contributed by atoms with Crippen molar-refractivity contribution in [2.75, 3.05) is 46.4 Å². The van der Waals surface area contributed by atoms with Gasteiger partial charge in [0.25, 0.3) is 0 Å². The summed E-state index contributed by atoms with van der Waals surface area (Å²) in [6, 6.07) is 0. The van der Waals surface area contributed by atoms with Crippen LogP contribution in [0.25, 0.3) is 0 Å². The molecule has 0 radical (unpaired) electrons. The number of nitrogens with zero attached hydrogens (tertiary/aromatic N) is 3. The topological polar surface area (TPSA) is 118 Å². The molecule has 3 fully saturated rings. The van der Waals surface area contributed by atoms with Gasteiger partial charge in [-0.25, -0.2) is 17.5 Å². The second kappa shape index (κ2) is 8.74. The van der Waals surface area contributed by atoms with E-state index in [1.165, 1.54) is 0 Å². The highest BCUT2D eigenvalue weighted by atomic mass is 32.2. The van der Waals surface area contributed by atoms with Crippen LogP contribution in [0.4, 0.5) is 13.2 Å². The molecule has 13 heteroatoms. The average Bonchev–Trinajstić information content (AvgIpc) is 3.48. The van der Waals surface area contributed by atoms with Crippen LogP contribution in [0.3, 0.4) is 0 Å². The number of piperidine rings is 1. The van der Waals surface area contributed by atoms with E-state index in [2.05, 4.69) is 4.90 Å². The predicted octanol–water partition coefficient (Wildman–Crippen LogP) is -0.287. The van der Waals surface area contributed by atoms with E-state index in [4.69, 9.17) is 15.0 Å². The van der Waals surface area contributed by atoms with Crippen molar-refractivity contribution in [2.45, 2.75) is 42.6 Å². The van der Waals surface area contributed by atoms with Gasteiger partial charge in [0, 0.05) is 32.7 Å². The molecule has 9 nitrogen and oxygen atoms in total. The molecule has 0 aromatic heterocycles. The zero-order valence-electron chi connectivity index (χ0n) is 16.1. The van der Waals surface area contributed by atoms with E-state index in [0.29, 0.717) is 39.0 Å². The number of amides is 1. The van der Waals surface area contributed by atoms with Crippen LogP contribution in [0.5, 0.6) is 0 Å². The quantitative estimate of drug-likeness (QED) is 0.611. The molecule has 1 saturated carbocycles. The smallest absolute Gasteiger partial charge is 0.475 e. The van der Waals surface area contributed by atoms with Crippen molar-refractivity contribution < 1.29 is 41.4 Å². The number of carboxylic acids is 1. The number of aliphatic hydroxyl groups excluding tert-OH is 1. The number of rotatable bonds is 4. The molecule has 168 valence electrons. The molecule has 1 spiro atoms. The van der Waals surface area contributed by atoms with Gasteiger partial charge in [0.1, 0.15) is 5.54 Å². The summed E-state index contributed by atoms with van der Waals surface area (Å²) in [7, 11) is -1.21. The molecule has 2 aliphatic heterocycles. The van der Waals surface area contributed by atoms with E-state index in [1.807, 2.05) is 7.05 Å². The maximum absolute atomic E-state index is 12.8. The number of carbonyl (C=O) groups excluding carboxylic acids is 1. The zero-order valence-corrected chi connectivity index (χ0v) is 16.9. The van der Waals surface area contributed by atoms with Gasteiger partial charge in [0.15, 0.2) is 0 Å². The molecule has 3 rings (SSSR count). The Hall–Kier alpha value is -1.44. The molecule has 0 bridgehead atoms. The molecular formula is C16H26F3N3O6S. The van der Waals surface area contributed by atoms with Crippen molar-refractivity contribution in [3.63, 3.8) is 0 Å². The van der Waals surface area contributed by atoms with E-state index >= 15 is 0 Å². The van der Waals surface area contributed by atoms with Crippen molar-refractivity contribution >= 4 is 21.9 Å². The lowest BCUT2D eigenvalue weighted by Crippen LogP contribution is -2.68. The Morgan fingerprint density at radius 2 is 1.69 bits per heavy atom. The van der Waals surface area contributed by atoms with Gasteiger partial charge in [0.05, 0.1) is 11.9 Å². The third-order valence-electron chi connectivity index (χ3n) is 5.59. The molecule has 2 heterocycles. The molecule has 0 aromatic rings. The lowest BCUT2D eigenvalue weighted by molar-refractivity contribution is -0.192. The maximum atomic E-state index is 12.8. The van der Waals surface area contributed by atoms with Gasteiger partial charge in [-0.2, -0.15) is 13.2 Å².